The molecule has 0 aromatic heterocycles. The predicted octanol–water partition coefficient (Wildman–Crippen LogP) is 14.1. The van der Waals surface area contributed by atoms with E-state index in [1.165, 1.54) is 24.3 Å². The van der Waals surface area contributed by atoms with Gasteiger partial charge in [0.1, 0.15) is 0 Å². The fraction of sp³-hybridized carbons (Fsp3) is 0.265. The molecule has 7 aromatic carbocycles. The van der Waals surface area contributed by atoms with Gasteiger partial charge in [0.25, 0.3) is 0 Å². The molecule has 0 atom stereocenters. The molecule has 0 aliphatic carbocycles. The zero-order valence-electron chi connectivity index (χ0n) is 48.5. The van der Waals surface area contributed by atoms with E-state index in [9.17, 15) is 0 Å². The van der Waals surface area contributed by atoms with Crippen molar-refractivity contribution in [2.75, 3.05) is 0 Å². The van der Waals surface area contributed by atoms with Crippen LogP contribution in [-0.2, 0) is 0 Å². The predicted molar refractivity (Wildman–Crippen MR) is 317 cm³/mol. The third-order valence-corrected chi connectivity index (χ3v) is 31.4. The van der Waals surface area contributed by atoms with Gasteiger partial charge in [0.2, 0.25) is 0 Å². The van der Waals surface area contributed by atoms with E-state index in [0.717, 1.165) is 33.4 Å². The van der Waals surface area contributed by atoms with E-state index < -0.39 is 63.5 Å². The van der Waals surface area contributed by atoms with Gasteiger partial charge in [-0.3, -0.25) is 0 Å². The van der Waals surface area contributed by atoms with Crippen LogP contribution in [0.25, 0.3) is 0 Å². The van der Waals surface area contributed by atoms with Gasteiger partial charge < -0.3 is 0 Å². The van der Waals surface area contributed by atoms with Crippen LogP contribution >= 0.6 is 0 Å². The van der Waals surface area contributed by atoms with Gasteiger partial charge in [-0.2, -0.15) is 0 Å². The molecular formula is C68H70Ge2O8. The van der Waals surface area contributed by atoms with Gasteiger partial charge in [0, 0.05) is 0 Å². The minimum absolute atomic E-state index is 0.130. The van der Waals surface area contributed by atoms with Crippen LogP contribution in [0.5, 0.6) is 0 Å². The van der Waals surface area contributed by atoms with E-state index in [-0.39, 0.29) is 44.5 Å². The first-order valence-corrected chi connectivity index (χ1v) is 34.8. The Labute approximate surface area is 465 Å². The van der Waals surface area contributed by atoms with Crippen LogP contribution in [0.3, 0.4) is 0 Å². The second-order valence-corrected chi connectivity index (χ2v) is 36.3. The van der Waals surface area contributed by atoms with Gasteiger partial charge in [-0.25, -0.2) is 0 Å². The fourth-order valence-electron chi connectivity index (χ4n) is 12.8. The van der Waals surface area contributed by atoms with E-state index in [1.54, 1.807) is 156 Å². The molecule has 0 saturated carbocycles. The first-order valence-electron chi connectivity index (χ1n) is 26.4. The molecule has 78 heavy (non-hydrogen) atoms. The number of aryl methyl sites for hydroxylation is 18. The van der Waals surface area contributed by atoms with Crippen LogP contribution in [0.15, 0.2) is 97.1 Å². The minimum atomic E-state index is -6.39. The molecule has 0 unspecified atom stereocenters. The van der Waals surface area contributed by atoms with E-state index in [4.69, 9.17) is 0 Å². The van der Waals surface area contributed by atoms with E-state index in [0.29, 0.717) is 66.8 Å². The SMILES string of the molecule is Cc1cc(C)c([C](=O)[Ge]([C](=O)c2ccc([C](=O)[Ge]([C](=O)c3c(C)cc(C)cc3C)([C](=O)c3c(C)cc(C)cc3C)[C](=O)c3c(C)cc(C)cc3C)cc2)([C](=O)c2c(C)cc(C)cc2C)[C](=O)c2c(C)cc(C)cc2C)c(C)c1. The fourth-order valence-corrected chi connectivity index (χ4v) is 30.2. The topological polar surface area (TPSA) is 137 Å². The Morgan fingerprint density at radius 3 is 0.436 bits per heavy atom. The van der Waals surface area contributed by atoms with Gasteiger partial charge in [-0.05, 0) is 0 Å². The van der Waals surface area contributed by atoms with Gasteiger partial charge in [-0.15, -0.1) is 0 Å². The second-order valence-electron chi connectivity index (χ2n) is 22.4. The molecule has 8 nitrogen and oxygen atoms in total. The maximum atomic E-state index is 16.4. The Bertz CT molecular complexity index is 3090. The van der Waals surface area contributed by atoms with E-state index in [1.807, 2.05) is 41.5 Å². The third-order valence-electron chi connectivity index (χ3n) is 15.6. The maximum absolute atomic E-state index is 16.4. The summed E-state index contributed by atoms with van der Waals surface area (Å²) in [6, 6.07) is 26.9. The number of benzene rings is 7. The van der Waals surface area contributed by atoms with Crippen molar-refractivity contribution in [3.05, 3.63) is 242 Å². The van der Waals surface area contributed by atoms with Crippen molar-refractivity contribution in [1.82, 2.24) is 0 Å². The summed E-state index contributed by atoms with van der Waals surface area (Å²) in [5.41, 5.74) is 11.6. The zero-order chi connectivity index (χ0) is 57.9. The molecule has 7 rings (SSSR count). The summed E-state index contributed by atoms with van der Waals surface area (Å²) >= 11 is -12.8. The Hall–Kier alpha value is -7.01. The van der Waals surface area contributed by atoms with Gasteiger partial charge in [-0.1, -0.05) is 0 Å². The Morgan fingerprint density at radius 1 is 0.205 bits per heavy atom. The van der Waals surface area contributed by atoms with Gasteiger partial charge in [0.15, 0.2) is 0 Å². The standard InChI is InChI=1S/C68H70Ge2O8/c1-35-23-41(7)55(42(8)24-35)63(73)69(64(74)56-43(9)25-36(2)26-44(56)10,65(75)57-45(11)27-37(3)28-46(57)12)61(71)53-19-21-54(22-20-53)62(72)70(66(76)58-47(13)29-38(4)30-48(58)14,67(77)59-49(15)31-39(5)32-50(59)16)68(78)60-51(17)33-40(6)34-52(60)18/h19-34H,1-18H3. The van der Waals surface area contributed by atoms with Crippen molar-refractivity contribution >= 4 is 63.5 Å². The Balaban J connectivity index is 1.58. The molecule has 398 valence electrons. The molecule has 0 aliphatic rings. The normalized spacial score (nSPS) is 11.6. The van der Waals surface area contributed by atoms with Crippen LogP contribution in [0.4, 0.5) is 0 Å². The third kappa shape index (κ3) is 9.95. The number of hydrogen-bond acceptors (Lipinski definition) is 8. The summed E-state index contributed by atoms with van der Waals surface area (Å²) in [5.74, 6) is 0. The number of hydrogen-bond donors (Lipinski definition) is 0. The summed E-state index contributed by atoms with van der Waals surface area (Å²) in [6.45, 7) is 32.2. The van der Waals surface area contributed by atoms with Crippen molar-refractivity contribution < 1.29 is 38.4 Å². The molecule has 10 heteroatoms. The summed E-state index contributed by atoms with van der Waals surface area (Å²) in [5, 5.41) is 0. The molecule has 7 aromatic rings. The average molecular weight is 1160 g/mol. The zero-order valence-corrected chi connectivity index (χ0v) is 52.7. The molecule has 0 N–H and O–H groups in total. The summed E-state index contributed by atoms with van der Waals surface area (Å²) in [6.07, 6.45) is 0. The van der Waals surface area contributed by atoms with Crippen molar-refractivity contribution in [1.29, 1.82) is 0 Å². The summed E-state index contributed by atoms with van der Waals surface area (Å²) in [7, 11) is 0. The molecular weight excluding hydrogens is 1090 g/mol. The van der Waals surface area contributed by atoms with Crippen molar-refractivity contribution in [2.24, 2.45) is 0 Å². The number of rotatable bonds is 16. The first-order chi connectivity index (χ1) is 36.4. The molecule has 0 heterocycles. The van der Waals surface area contributed by atoms with Crippen molar-refractivity contribution in [3.63, 3.8) is 0 Å². The molecule has 0 saturated heterocycles. The molecule has 0 amide bonds. The quantitative estimate of drug-likeness (QED) is 0.0873. The van der Waals surface area contributed by atoms with Crippen molar-refractivity contribution in [2.45, 2.75) is 125 Å². The molecule has 0 bridgehead atoms. The molecule has 0 radical (unpaired) electrons. The van der Waals surface area contributed by atoms with Crippen LogP contribution in [0.2, 0.25) is 0 Å². The van der Waals surface area contributed by atoms with Gasteiger partial charge >= 0.3 is 468 Å². The number of carbonyl (C=O) groups is 8. The average Bonchev–Trinajstić information content (AvgIpc) is 3.30. The Kier molecular flexibility index (Phi) is 16.6. The van der Waals surface area contributed by atoms with Crippen LogP contribution < -0.4 is 0 Å². The second kappa shape index (κ2) is 22.0. The van der Waals surface area contributed by atoms with Crippen LogP contribution in [0.1, 0.15) is 183 Å². The molecule has 0 aliphatic heterocycles. The van der Waals surface area contributed by atoms with E-state index in [2.05, 4.69) is 0 Å². The summed E-state index contributed by atoms with van der Waals surface area (Å²) < 4.78 is -6.73. The monoisotopic (exact) mass is 1160 g/mol. The Morgan fingerprint density at radius 2 is 0.321 bits per heavy atom. The van der Waals surface area contributed by atoms with Crippen LogP contribution in [-0.4, -0.2) is 63.5 Å². The van der Waals surface area contributed by atoms with Gasteiger partial charge in [0.05, 0.1) is 0 Å². The number of carbonyl (C=O) groups excluding carboxylic acids is 8. The molecule has 0 spiro atoms. The van der Waals surface area contributed by atoms with E-state index >= 15 is 38.4 Å². The first kappa shape index (κ1) is 58.7. The summed E-state index contributed by atoms with van der Waals surface area (Å²) in [4.78, 5) is 130. The molecule has 0 fully saturated rings. The van der Waals surface area contributed by atoms with Crippen LogP contribution in [0, 0.1) is 125 Å². The van der Waals surface area contributed by atoms with Crippen molar-refractivity contribution in [3.8, 4) is 0 Å².